The Morgan fingerprint density at radius 3 is 1.49 bits per heavy atom. The van der Waals surface area contributed by atoms with Crippen LogP contribution in [0.3, 0.4) is 0 Å². The molecule has 1 heteroatoms. The van der Waals surface area contributed by atoms with Crippen molar-refractivity contribution < 1.29 is 4.42 Å². The van der Waals surface area contributed by atoms with Crippen LogP contribution in [0.25, 0.3) is 87.3 Å². The molecule has 41 heavy (non-hydrogen) atoms. The summed E-state index contributed by atoms with van der Waals surface area (Å²) in [7, 11) is 0. The Morgan fingerprint density at radius 2 is 0.805 bits per heavy atom. The van der Waals surface area contributed by atoms with Crippen LogP contribution in [0, 0.1) is 0 Å². The number of fused-ring (bicyclic) bond motifs is 8. The maximum atomic E-state index is 6.45. The van der Waals surface area contributed by atoms with Crippen molar-refractivity contribution in [2.24, 2.45) is 0 Å². The first kappa shape index (κ1) is 22.4. The minimum atomic E-state index is 0.922. The molecule has 1 nitrogen and oxygen atoms in total. The Labute approximate surface area is 236 Å². The van der Waals surface area contributed by atoms with Gasteiger partial charge < -0.3 is 4.42 Å². The third-order valence-electron chi connectivity index (χ3n) is 8.64. The minimum absolute atomic E-state index is 0.922. The summed E-state index contributed by atoms with van der Waals surface area (Å²) in [6.07, 6.45) is 0. The highest BCUT2D eigenvalue weighted by molar-refractivity contribution is 6.28. The number of rotatable bonds is 2. The number of hydrogen-bond acceptors (Lipinski definition) is 1. The van der Waals surface area contributed by atoms with Crippen molar-refractivity contribution in [3.63, 3.8) is 0 Å². The summed E-state index contributed by atoms with van der Waals surface area (Å²) in [4.78, 5) is 0. The van der Waals surface area contributed by atoms with Crippen molar-refractivity contribution in [2.75, 3.05) is 0 Å². The molecule has 0 aliphatic rings. The quantitative estimate of drug-likeness (QED) is 0.207. The van der Waals surface area contributed by atoms with E-state index in [9.17, 15) is 0 Å². The minimum Gasteiger partial charge on any atom is -0.455 e. The smallest absolute Gasteiger partial charge is 0.143 e. The van der Waals surface area contributed by atoms with Gasteiger partial charge >= 0.3 is 0 Å². The van der Waals surface area contributed by atoms with Crippen molar-refractivity contribution in [2.45, 2.75) is 0 Å². The van der Waals surface area contributed by atoms with Crippen molar-refractivity contribution in [1.82, 2.24) is 0 Å². The average Bonchev–Trinajstić information content (AvgIpc) is 3.42. The Kier molecular flexibility index (Phi) is 4.67. The maximum absolute atomic E-state index is 6.45. The molecule has 9 rings (SSSR count). The van der Waals surface area contributed by atoms with Gasteiger partial charge in [-0.05, 0) is 72.1 Å². The lowest BCUT2D eigenvalue weighted by Crippen LogP contribution is -1.92. The van der Waals surface area contributed by atoms with Gasteiger partial charge in [0.1, 0.15) is 11.2 Å². The van der Waals surface area contributed by atoms with E-state index in [1.807, 2.05) is 6.07 Å². The normalized spacial score (nSPS) is 11.9. The van der Waals surface area contributed by atoms with Gasteiger partial charge in [-0.3, -0.25) is 0 Å². The number of benzene rings is 8. The van der Waals surface area contributed by atoms with E-state index in [1.165, 1.54) is 60.0 Å². The second-order valence-corrected chi connectivity index (χ2v) is 10.8. The second-order valence-electron chi connectivity index (χ2n) is 10.8. The maximum Gasteiger partial charge on any atom is 0.143 e. The molecule has 9 aromatic rings. The van der Waals surface area contributed by atoms with E-state index in [1.54, 1.807) is 0 Å². The topological polar surface area (TPSA) is 13.1 Å². The molecule has 0 N–H and O–H groups in total. The first-order chi connectivity index (χ1) is 20.4. The predicted molar refractivity (Wildman–Crippen MR) is 175 cm³/mol. The molecule has 1 aromatic heterocycles. The molecule has 0 fully saturated rings. The first-order valence-electron chi connectivity index (χ1n) is 14.1. The van der Waals surface area contributed by atoms with Gasteiger partial charge in [0.2, 0.25) is 0 Å². The van der Waals surface area contributed by atoms with Gasteiger partial charge in [0.05, 0.1) is 0 Å². The highest BCUT2D eigenvalue weighted by Crippen LogP contribution is 2.48. The summed E-state index contributed by atoms with van der Waals surface area (Å²) < 4.78 is 6.45. The molecule has 0 bridgehead atoms. The van der Waals surface area contributed by atoms with Crippen molar-refractivity contribution >= 4 is 65.0 Å². The fourth-order valence-corrected chi connectivity index (χ4v) is 6.91. The summed E-state index contributed by atoms with van der Waals surface area (Å²) in [5.74, 6) is 0. The molecule has 0 aliphatic carbocycles. The van der Waals surface area contributed by atoms with Crippen LogP contribution < -0.4 is 0 Å². The lowest BCUT2D eigenvalue weighted by Gasteiger charge is -2.20. The molecular formula is C40H24O. The van der Waals surface area contributed by atoms with E-state index in [0.29, 0.717) is 0 Å². The fourth-order valence-electron chi connectivity index (χ4n) is 6.91. The van der Waals surface area contributed by atoms with Gasteiger partial charge in [0, 0.05) is 16.2 Å². The van der Waals surface area contributed by atoms with Gasteiger partial charge in [0.25, 0.3) is 0 Å². The van der Waals surface area contributed by atoms with E-state index < -0.39 is 0 Å². The summed E-state index contributed by atoms with van der Waals surface area (Å²) in [5, 5.41) is 12.2. The van der Waals surface area contributed by atoms with Crippen molar-refractivity contribution in [3.8, 4) is 22.3 Å². The SMILES string of the molecule is c1ccc2c(-c3c4ccccc4c(-c4cc5c6ccccc6oc5c5ccccc45)c4ccccc34)cccc2c1. The molecule has 0 amide bonds. The molecule has 0 saturated heterocycles. The summed E-state index contributed by atoms with van der Waals surface area (Å²) in [5.41, 5.74) is 6.93. The van der Waals surface area contributed by atoms with E-state index in [4.69, 9.17) is 4.42 Å². The lowest BCUT2D eigenvalue weighted by molar-refractivity contribution is 0.672. The zero-order valence-electron chi connectivity index (χ0n) is 22.3. The standard InChI is InChI=1S/C40H24O/c1-2-14-26-25(12-1)13-11-22-29(26)38-30-17-4-6-19-32(30)39(33-20-7-5-18-31(33)38)35-24-36-28-16-9-10-23-37(28)41-40(36)34-21-8-3-15-27(34)35/h1-24H. The zero-order chi connectivity index (χ0) is 26.9. The molecule has 8 aromatic carbocycles. The van der Waals surface area contributed by atoms with Crippen LogP contribution in [0.2, 0.25) is 0 Å². The Bertz CT molecular complexity index is 2410. The Morgan fingerprint density at radius 1 is 0.317 bits per heavy atom. The molecule has 190 valence electrons. The summed E-state index contributed by atoms with van der Waals surface area (Å²) in [6, 6.07) is 52.6. The van der Waals surface area contributed by atoms with Gasteiger partial charge in [-0.2, -0.15) is 0 Å². The average molecular weight is 521 g/mol. The Hall–Kier alpha value is -5.40. The summed E-state index contributed by atoms with van der Waals surface area (Å²) >= 11 is 0. The number of furan rings is 1. The van der Waals surface area contributed by atoms with Crippen LogP contribution in [0.5, 0.6) is 0 Å². The Balaban J connectivity index is 1.50. The molecule has 0 unspecified atom stereocenters. The van der Waals surface area contributed by atoms with Crippen LogP contribution in [-0.4, -0.2) is 0 Å². The van der Waals surface area contributed by atoms with E-state index in [-0.39, 0.29) is 0 Å². The number of para-hydroxylation sites is 1. The van der Waals surface area contributed by atoms with Crippen molar-refractivity contribution in [1.29, 1.82) is 0 Å². The van der Waals surface area contributed by atoms with E-state index in [2.05, 4.69) is 140 Å². The highest BCUT2D eigenvalue weighted by atomic mass is 16.3. The van der Waals surface area contributed by atoms with Gasteiger partial charge in [-0.1, -0.05) is 133 Å². The molecular weight excluding hydrogens is 496 g/mol. The molecule has 0 spiro atoms. The lowest BCUT2D eigenvalue weighted by atomic mass is 9.83. The van der Waals surface area contributed by atoms with E-state index in [0.717, 1.165) is 27.3 Å². The third-order valence-corrected chi connectivity index (χ3v) is 8.64. The summed E-state index contributed by atoms with van der Waals surface area (Å²) in [6.45, 7) is 0. The van der Waals surface area contributed by atoms with Crippen LogP contribution in [-0.2, 0) is 0 Å². The van der Waals surface area contributed by atoms with E-state index >= 15 is 0 Å². The predicted octanol–water partition coefficient (Wildman–Crippen LogP) is 11.5. The third kappa shape index (κ3) is 3.18. The van der Waals surface area contributed by atoms with Crippen LogP contribution in [0.15, 0.2) is 150 Å². The van der Waals surface area contributed by atoms with Crippen molar-refractivity contribution in [3.05, 3.63) is 146 Å². The zero-order valence-corrected chi connectivity index (χ0v) is 22.3. The van der Waals surface area contributed by atoms with Crippen LogP contribution >= 0.6 is 0 Å². The fraction of sp³-hybridized carbons (Fsp3) is 0. The number of hydrogen-bond donors (Lipinski definition) is 0. The largest absolute Gasteiger partial charge is 0.455 e. The molecule has 0 saturated carbocycles. The molecule has 0 atom stereocenters. The first-order valence-corrected chi connectivity index (χ1v) is 14.1. The molecule has 1 heterocycles. The van der Waals surface area contributed by atoms with Crippen LogP contribution in [0.4, 0.5) is 0 Å². The van der Waals surface area contributed by atoms with Crippen LogP contribution in [0.1, 0.15) is 0 Å². The second kappa shape index (κ2) is 8.55. The molecule has 0 aliphatic heterocycles. The van der Waals surface area contributed by atoms with Gasteiger partial charge in [-0.25, -0.2) is 0 Å². The van der Waals surface area contributed by atoms with Gasteiger partial charge in [-0.15, -0.1) is 0 Å². The van der Waals surface area contributed by atoms with Gasteiger partial charge in [0.15, 0.2) is 0 Å². The highest BCUT2D eigenvalue weighted by Gasteiger charge is 2.21. The molecule has 0 radical (unpaired) electrons. The monoisotopic (exact) mass is 520 g/mol.